The summed E-state index contributed by atoms with van der Waals surface area (Å²) in [6, 6.07) is 9.52. The van der Waals surface area contributed by atoms with Crippen molar-refractivity contribution in [1.82, 2.24) is 9.78 Å². The maximum atomic E-state index is 12.1. The van der Waals surface area contributed by atoms with Gasteiger partial charge >= 0.3 is 5.97 Å². The lowest BCUT2D eigenvalue weighted by Gasteiger charge is -2.06. The van der Waals surface area contributed by atoms with Crippen LogP contribution >= 0.6 is 0 Å². The van der Waals surface area contributed by atoms with Crippen LogP contribution in [0, 0.1) is 5.92 Å². The minimum atomic E-state index is -0.738. The molecule has 6 nitrogen and oxygen atoms in total. The number of carbonyl (C=O) groups excluding carboxylic acids is 1. The first-order chi connectivity index (χ1) is 11.4. The second kappa shape index (κ2) is 6.47. The highest BCUT2D eigenvalue weighted by atomic mass is 16.4. The standard InChI is InChI=1S/C18H21N3O3/c1-11(2)21-8-7-14(20-21)9-17(22)19-13-5-3-12(4-6-13)15-10-16(15)18(23)24/h3-8,11,15-16H,9-10H2,1-2H3,(H,19,22)(H,23,24)/t15-,16+/m0/s1. The number of nitrogens with one attached hydrogen (secondary N) is 1. The maximum Gasteiger partial charge on any atom is 0.307 e. The summed E-state index contributed by atoms with van der Waals surface area (Å²) in [5.41, 5.74) is 2.45. The Labute approximate surface area is 140 Å². The number of aromatic nitrogens is 2. The topological polar surface area (TPSA) is 84.2 Å². The Morgan fingerprint density at radius 3 is 2.54 bits per heavy atom. The molecule has 0 saturated heterocycles. The van der Waals surface area contributed by atoms with E-state index in [9.17, 15) is 9.59 Å². The van der Waals surface area contributed by atoms with E-state index in [1.807, 2.05) is 55.1 Å². The summed E-state index contributed by atoms with van der Waals surface area (Å²) in [5, 5.41) is 16.2. The van der Waals surface area contributed by atoms with E-state index < -0.39 is 5.97 Å². The van der Waals surface area contributed by atoms with Crippen LogP contribution in [0.5, 0.6) is 0 Å². The average molecular weight is 327 g/mol. The summed E-state index contributed by atoms with van der Waals surface area (Å²) < 4.78 is 1.83. The van der Waals surface area contributed by atoms with Gasteiger partial charge in [-0.05, 0) is 49.9 Å². The first-order valence-corrected chi connectivity index (χ1v) is 8.10. The number of anilines is 1. The molecule has 0 spiro atoms. The van der Waals surface area contributed by atoms with E-state index >= 15 is 0 Å². The minimum absolute atomic E-state index is 0.104. The molecular formula is C18H21N3O3. The summed E-state index contributed by atoms with van der Waals surface area (Å²) in [7, 11) is 0. The predicted molar refractivity (Wildman–Crippen MR) is 89.9 cm³/mol. The quantitative estimate of drug-likeness (QED) is 0.854. The first-order valence-electron chi connectivity index (χ1n) is 8.10. The number of hydrogen-bond donors (Lipinski definition) is 2. The first kappa shape index (κ1) is 16.2. The fourth-order valence-electron chi connectivity index (χ4n) is 2.78. The van der Waals surface area contributed by atoms with Crippen molar-refractivity contribution in [3.63, 3.8) is 0 Å². The number of carboxylic acid groups (broad SMARTS) is 1. The van der Waals surface area contributed by atoms with Gasteiger partial charge in [0.05, 0.1) is 18.0 Å². The molecule has 1 aliphatic carbocycles. The van der Waals surface area contributed by atoms with Gasteiger partial charge in [0.25, 0.3) is 0 Å². The molecule has 3 rings (SSSR count). The maximum absolute atomic E-state index is 12.1. The molecule has 1 aromatic heterocycles. The molecule has 1 saturated carbocycles. The molecule has 2 N–H and O–H groups in total. The van der Waals surface area contributed by atoms with Gasteiger partial charge in [-0.3, -0.25) is 14.3 Å². The largest absolute Gasteiger partial charge is 0.481 e. The van der Waals surface area contributed by atoms with E-state index in [0.29, 0.717) is 12.1 Å². The van der Waals surface area contributed by atoms with E-state index in [0.717, 1.165) is 11.3 Å². The monoisotopic (exact) mass is 327 g/mol. The Hall–Kier alpha value is -2.63. The van der Waals surface area contributed by atoms with Crippen LogP contribution in [0.2, 0.25) is 0 Å². The van der Waals surface area contributed by atoms with Crippen LogP contribution in [0.1, 0.15) is 43.5 Å². The molecule has 126 valence electrons. The summed E-state index contributed by atoms with van der Waals surface area (Å²) in [4.78, 5) is 23.0. The smallest absolute Gasteiger partial charge is 0.307 e. The normalized spacial score (nSPS) is 19.3. The van der Waals surface area contributed by atoms with E-state index in [1.165, 1.54) is 0 Å². The third-order valence-electron chi connectivity index (χ3n) is 4.26. The van der Waals surface area contributed by atoms with Gasteiger partial charge in [-0.1, -0.05) is 12.1 Å². The molecule has 24 heavy (non-hydrogen) atoms. The molecule has 0 radical (unpaired) electrons. The van der Waals surface area contributed by atoms with E-state index in [4.69, 9.17) is 5.11 Å². The molecule has 2 aromatic rings. The zero-order valence-corrected chi connectivity index (χ0v) is 13.8. The SMILES string of the molecule is CC(C)n1ccc(CC(=O)Nc2ccc([C@@H]3C[C@H]3C(=O)O)cc2)n1. The Kier molecular flexibility index (Phi) is 4.38. The van der Waals surface area contributed by atoms with Gasteiger partial charge in [-0.2, -0.15) is 5.10 Å². The number of aliphatic carboxylic acids is 1. The van der Waals surface area contributed by atoms with Crippen molar-refractivity contribution >= 4 is 17.6 Å². The number of amides is 1. The Morgan fingerprint density at radius 2 is 2.00 bits per heavy atom. The van der Waals surface area contributed by atoms with Crippen LogP contribution in [-0.4, -0.2) is 26.8 Å². The molecule has 0 unspecified atom stereocenters. The van der Waals surface area contributed by atoms with Crippen LogP contribution in [0.4, 0.5) is 5.69 Å². The van der Waals surface area contributed by atoms with Gasteiger partial charge in [0.2, 0.25) is 5.91 Å². The van der Waals surface area contributed by atoms with Crippen molar-refractivity contribution in [3.05, 3.63) is 47.8 Å². The minimum Gasteiger partial charge on any atom is -0.481 e. The molecule has 1 heterocycles. The van der Waals surface area contributed by atoms with Gasteiger partial charge in [0, 0.05) is 17.9 Å². The van der Waals surface area contributed by atoms with Gasteiger partial charge in [-0.15, -0.1) is 0 Å². The van der Waals surface area contributed by atoms with E-state index in [2.05, 4.69) is 10.4 Å². The number of rotatable bonds is 6. The van der Waals surface area contributed by atoms with Crippen molar-refractivity contribution in [3.8, 4) is 0 Å². The highest BCUT2D eigenvalue weighted by molar-refractivity contribution is 5.92. The van der Waals surface area contributed by atoms with Crippen LogP contribution in [-0.2, 0) is 16.0 Å². The van der Waals surface area contributed by atoms with Crippen LogP contribution < -0.4 is 5.32 Å². The molecule has 0 bridgehead atoms. The van der Waals surface area contributed by atoms with Crippen LogP contribution in [0.15, 0.2) is 36.5 Å². The third-order valence-corrected chi connectivity index (χ3v) is 4.26. The molecule has 1 amide bonds. The van der Waals surface area contributed by atoms with Gasteiger partial charge < -0.3 is 10.4 Å². The summed E-state index contributed by atoms with van der Waals surface area (Å²) >= 11 is 0. The highest BCUT2D eigenvalue weighted by Gasteiger charge is 2.43. The second-order valence-electron chi connectivity index (χ2n) is 6.51. The molecular weight excluding hydrogens is 306 g/mol. The average Bonchev–Trinajstić information content (AvgIpc) is 3.20. The number of nitrogens with zero attached hydrogens (tertiary/aromatic N) is 2. The lowest BCUT2D eigenvalue weighted by Crippen LogP contribution is -2.15. The third kappa shape index (κ3) is 3.64. The number of carboxylic acids is 1. The van der Waals surface area contributed by atoms with Crippen molar-refractivity contribution in [1.29, 1.82) is 0 Å². The number of benzene rings is 1. The van der Waals surface area contributed by atoms with Crippen LogP contribution in [0.25, 0.3) is 0 Å². The second-order valence-corrected chi connectivity index (χ2v) is 6.51. The zero-order chi connectivity index (χ0) is 17.3. The fraction of sp³-hybridized carbons (Fsp3) is 0.389. The summed E-state index contributed by atoms with van der Waals surface area (Å²) in [6.45, 7) is 4.07. The number of carbonyl (C=O) groups is 2. The predicted octanol–water partition coefficient (Wildman–Crippen LogP) is 2.83. The molecule has 1 aliphatic rings. The van der Waals surface area contributed by atoms with E-state index in [-0.39, 0.29) is 30.2 Å². The van der Waals surface area contributed by atoms with E-state index in [1.54, 1.807) is 0 Å². The zero-order valence-electron chi connectivity index (χ0n) is 13.8. The molecule has 6 heteroatoms. The van der Waals surface area contributed by atoms with Gasteiger partial charge in [-0.25, -0.2) is 0 Å². The Bertz CT molecular complexity index is 749. The molecule has 1 aromatic carbocycles. The van der Waals surface area contributed by atoms with Crippen molar-refractivity contribution in [2.75, 3.05) is 5.32 Å². The lowest BCUT2D eigenvalue weighted by molar-refractivity contribution is -0.138. The molecule has 0 aliphatic heterocycles. The number of hydrogen-bond acceptors (Lipinski definition) is 3. The van der Waals surface area contributed by atoms with Gasteiger partial charge in [0.1, 0.15) is 0 Å². The summed E-state index contributed by atoms with van der Waals surface area (Å²) in [6.07, 6.45) is 2.79. The fourth-order valence-corrected chi connectivity index (χ4v) is 2.78. The Balaban J connectivity index is 1.55. The van der Waals surface area contributed by atoms with Crippen LogP contribution in [0.3, 0.4) is 0 Å². The Morgan fingerprint density at radius 1 is 1.29 bits per heavy atom. The summed E-state index contributed by atoms with van der Waals surface area (Å²) in [5.74, 6) is -1.02. The van der Waals surface area contributed by atoms with Crippen molar-refractivity contribution < 1.29 is 14.7 Å². The highest BCUT2D eigenvalue weighted by Crippen LogP contribution is 2.47. The van der Waals surface area contributed by atoms with Gasteiger partial charge in [0.15, 0.2) is 0 Å². The molecule has 1 fully saturated rings. The molecule has 2 atom stereocenters. The van der Waals surface area contributed by atoms with Crippen molar-refractivity contribution in [2.24, 2.45) is 5.92 Å². The van der Waals surface area contributed by atoms with Crippen molar-refractivity contribution in [2.45, 2.75) is 38.6 Å². The lowest BCUT2D eigenvalue weighted by atomic mass is 10.1.